The molecule has 4 heterocycles. The maximum atomic E-state index is 6.70. The van der Waals surface area contributed by atoms with Gasteiger partial charge in [-0.25, -0.2) is 4.98 Å². The summed E-state index contributed by atoms with van der Waals surface area (Å²) >= 11 is 6.70. The zero-order valence-electron chi connectivity index (χ0n) is 16.1. The van der Waals surface area contributed by atoms with E-state index in [1.54, 1.807) is 0 Å². The van der Waals surface area contributed by atoms with Crippen molar-refractivity contribution < 1.29 is 0 Å². The van der Waals surface area contributed by atoms with Crippen LogP contribution in [-0.2, 0) is 7.05 Å². The molecule has 0 atom stereocenters. The van der Waals surface area contributed by atoms with Crippen LogP contribution in [0.25, 0.3) is 22.0 Å². The van der Waals surface area contributed by atoms with Crippen LogP contribution in [0.1, 0.15) is 19.3 Å². The molecule has 0 amide bonds. The van der Waals surface area contributed by atoms with Crippen molar-refractivity contribution in [2.45, 2.75) is 19.3 Å². The predicted molar refractivity (Wildman–Crippen MR) is 115 cm³/mol. The van der Waals surface area contributed by atoms with Gasteiger partial charge < -0.3 is 16.0 Å². The maximum Gasteiger partial charge on any atom is 0.144 e. The van der Waals surface area contributed by atoms with Crippen molar-refractivity contribution in [3.8, 4) is 11.1 Å². The monoisotopic (exact) mass is 396 g/mol. The number of nitrogens with two attached hydrogens (primary N) is 1. The maximum absolute atomic E-state index is 6.70. The number of hydrogen-bond acceptors (Lipinski definition) is 5. The van der Waals surface area contributed by atoms with Crippen LogP contribution >= 0.6 is 11.6 Å². The van der Waals surface area contributed by atoms with Gasteiger partial charge in [0.25, 0.3) is 0 Å². The van der Waals surface area contributed by atoms with Crippen LogP contribution in [-0.4, -0.2) is 40.9 Å². The number of halogens is 1. The van der Waals surface area contributed by atoms with E-state index in [9.17, 15) is 0 Å². The van der Waals surface area contributed by atoms with Crippen molar-refractivity contribution in [1.29, 1.82) is 0 Å². The van der Waals surface area contributed by atoms with Gasteiger partial charge in [-0.2, -0.15) is 5.10 Å². The lowest BCUT2D eigenvalue weighted by Gasteiger charge is -2.41. The summed E-state index contributed by atoms with van der Waals surface area (Å²) in [6.45, 7) is 4.26. The number of anilines is 2. The van der Waals surface area contributed by atoms with Crippen LogP contribution in [0.3, 0.4) is 0 Å². The highest BCUT2D eigenvalue weighted by Gasteiger charge is 2.38. The Morgan fingerprint density at radius 3 is 2.75 bits per heavy atom. The van der Waals surface area contributed by atoms with E-state index >= 15 is 0 Å². The highest BCUT2D eigenvalue weighted by atomic mass is 35.5. The zero-order valence-corrected chi connectivity index (χ0v) is 16.8. The van der Waals surface area contributed by atoms with E-state index in [1.165, 1.54) is 19.3 Å². The van der Waals surface area contributed by atoms with Gasteiger partial charge in [0.2, 0.25) is 0 Å². The molecular formula is C21H25ClN6. The minimum Gasteiger partial charge on any atom is -0.382 e. The van der Waals surface area contributed by atoms with Crippen LogP contribution in [0.4, 0.5) is 11.5 Å². The van der Waals surface area contributed by atoms with Gasteiger partial charge in [0.1, 0.15) is 10.8 Å². The molecule has 6 nitrogen and oxygen atoms in total. The first-order valence-corrected chi connectivity index (χ1v) is 10.3. The topological polar surface area (TPSA) is 72.0 Å². The molecule has 28 heavy (non-hydrogen) atoms. The smallest absolute Gasteiger partial charge is 0.144 e. The van der Waals surface area contributed by atoms with Gasteiger partial charge in [0.05, 0.1) is 17.4 Å². The SMILES string of the molecule is Cn1ncc2cc(-c3cnc(N)c(Cl)c3N3CCC4(CCNC4)CC3)ccc21. The summed E-state index contributed by atoms with van der Waals surface area (Å²) in [6, 6.07) is 6.37. The number of rotatable bonds is 2. The number of pyridine rings is 1. The molecule has 5 rings (SSSR count). The number of nitrogens with one attached hydrogen (secondary N) is 1. The zero-order chi connectivity index (χ0) is 19.3. The van der Waals surface area contributed by atoms with Crippen LogP contribution in [0, 0.1) is 5.41 Å². The Morgan fingerprint density at radius 1 is 1.18 bits per heavy atom. The molecule has 1 spiro atoms. The van der Waals surface area contributed by atoms with E-state index in [1.807, 2.05) is 24.1 Å². The Balaban J connectivity index is 1.54. The quantitative estimate of drug-likeness (QED) is 0.694. The number of benzene rings is 1. The van der Waals surface area contributed by atoms with E-state index in [0.717, 1.165) is 53.9 Å². The third-order valence-corrected chi connectivity index (χ3v) is 6.92. The molecule has 0 unspecified atom stereocenters. The Kier molecular flexibility index (Phi) is 4.21. The number of piperidine rings is 1. The second-order valence-corrected chi connectivity index (χ2v) is 8.55. The fourth-order valence-corrected chi connectivity index (χ4v) is 5.04. The molecule has 0 saturated carbocycles. The lowest BCUT2D eigenvalue weighted by Crippen LogP contribution is -2.41. The Labute approximate surface area is 169 Å². The van der Waals surface area contributed by atoms with Crippen LogP contribution in [0.15, 0.2) is 30.6 Å². The Morgan fingerprint density at radius 2 is 2.00 bits per heavy atom. The van der Waals surface area contributed by atoms with Crippen molar-refractivity contribution in [1.82, 2.24) is 20.1 Å². The van der Waals surface area contributed by atoms with Crippen LogP contribution < -0.4 is 16.0 Å². The fraction of sp³-hybridized carbons (Fsp3) is 0.429. The minimum absolute atomic E-state index is 0.394. The highest BCUT2D eigenvalue weighted by molar-refractivity contribution is 6.36. The summed E-state index contributed by atoms with van der Waals surface area (Å²) in [5.41, 5.74) is 10.8. The van der Waals surface area contributed by atoms with Crippen molar-refractivity contribution in [3.05, 3.63) is 35.6 Å². The van der Waals surface area contributed by atoms with Gasteiger partial charge in [-0.1, -0.05) is 17.7 Å². The Bertz CT molecular complexity index is 1030. The minimum atomic E-state index is 0.394. The number of nitrogen functional groups attached to an aromatic ring is 1. The largest absolute Gasteiger partial charge is 0.382 e. The second-order valence-electron chi connectivity index (χ2n) is 8.18. The fourth-order valence-electron chi connectivity index (χ4n) is 4.77. The average molecular weight is 397 g/mol. The molecule has 0 bridgehead atoms. The van der Waals surface area contributed by atoms with E-state index in [4.69, 9.17) is 17.3 Å². The van der Waals surface area contributed by atoms with Gasteiger partial charge >= 0.3 is 0 Å². The van der Waals surface area contributed by atoms with Crippen molar-refractivity contribution in [3.63, 3.8) is 0 Å². The lowest BCUT2D eigenvalue weighted by molar-refractivity contribution is 0.247. The summed E-state index contributed by atoms with van der Waals surface area (Å²) in [5, 5.41) is 9.55. The third-order valence-electron chi connectivity index (χ3n) is 6.55. The summed E-state index contributed by atoms with van der Waals surface area (Å²) in [7, 11) is 1.95. The molecule has 0 radical (unpaired) electrons. The third kappa shape index (κ3) is 2.83. The first kappa shape index (κ1) is 17.8. The molecule has 2 aromatic heterocycles. The molecule has 1 aromatic carbocycles. The molecule has 2 fully saturated rings. The van der Waals surface area contributed by atoms with Crippen molar-refractivity contribution >= 4 is 34.0 Å². The van der Waals surface area contributed by atoms with E-state index < -0.39 is 0 Å². The van der Waals surface area contributed by atoms with Gasteiger partial charge in [0.15, 0.2) is 0 Å². The molecule has 2 aliphatic heterocycles. The molecule has 146 valence electrons. The van der Waals surface area contributed by atoms with Crippen molar-refractivity contribution in [2.24, 2.45) is 12.5 Å². The number of hydrogen-bond donors (Lipinski definition) is 2. The van der Waals surface area contributed by atoms with Gasteiger partial charge in [-0.15, -0.1) is 0 Å². The van der Waals surface area contributed by atoms with Gasteiger partial charge in [-0.05, 0) is 48.9 Å². The lowest BCUT2D eigenvalue weighted by atomic mass is 9.77. The second kappa shape index (κ2) is 6.64. The van der Waals surface area contributed by atoms with Crippen LogP contribution in [0.2, 0.25) is 5.02 Å². The molecule has 0 aliphatic carbocycles. The number of aryl methyl sites for hydroxylation is 1. The molecule has 2 aliphatic rings. The van der Waals surface area contributed by atoms with Gasteiger partial charge in [0, 0.05) is 43.8 Å². The average Bonchev–Trinajstić information content (AvgIpc) is 3.32. The molecule has 3 aromatic rings. The van der Waals surface area contributed by atoms with E-state index in [0.29, 0.717) is 16.3 Å². The summed E-state index contributed by atoms with van der Waals surface area (Å²) in [4.78, 5) is 6.75. The number of fused-ring (bicyclic) bond motifs is 1. The van der Waals surface area contributed by atoms with Crippen molar-refractivity contribution in [2.75, 3.05) is 36.8 Å². The molecular weight excluding hydrogens is 372 g/mol. The number of aromatic nitrogens is 3. The summed E-state index contributed by atoms with van der Waals surface area (Å²) in [5.74, 6) is 0.394. The van der Waals surface area contributed by atoms with Crippen LogP contribution in [0.5, 0.6) is 0 Å². The first-order chi connectivity index (χ1) is 13.6. The summed E-state index contributed by atoms with van der Waals surface area (Å²) < 4.78 is 1.88. The number of nitrogens with zero attached hydrogens (tertiary/aromatic N) is 4. The predicted octanol–water partition coefficient (Wildman–Crippen LogP) is 3.45. The Hall–Kier alpha value is -2.31. The van der Waals surface area contributed by atoms with E-state index in [-0.39, 0.29) is 0 Å². The van der Waals surface area contributed by atoms with Gasteiger partial charge in [-0.3, -0.25) is 4.68 Å². The first-order valence-electron chi connectivity index (χ1n) is 9.88. The molecule has 2 saturated heterocycles. The van der Waals surface area contributed by atoms with E-state index in [2.05, 4.69) is 38.5 Å². The molecule has 3 N–H and O–H groups in total. The molecule has 7 heteroatoms. The highest BCUT2D eigenvalue weighted by Crippen LogP contribution is 2.44. The standard InChI is InChI=1S/C21H25ClN6/c1-27-17-3-2-14(10-15(17)11-26-27)16-12-25-20(23)18(22)19(16)28-8-5-21(6-9-28)4-7-24-13-21/h2-3,10-12,24H,4-9,13H2,1H3,(H2,23,25). The normalized spacial score (nSPS) is 19.0. The summed E-state index contributed by atoms with van der Waals surface area (Å²) in [6.07, 6.45) is 7.38.